The minimum Gasteiger partial charge on any atom is -0.0917 e. The topological polar surface area (TPSA) is 0 Å². The van der Waals surface area contributed by atoms with Crippen molar-refractivity contribution in [2.24, 2.45) is 0 Å². The van der Waals surface area contributed by atoms with E-state index in [4.69, 9.17) is 0 Å². The van der Waals surface area contributed by atoms with Crippen LogP contribution in [0.3, 0.4) is 0 Å². The summed E-state index contributed by atoms with van der Waals surface area (Å²) in [5.41, 5.74) is 0. The van der Waals surface area contributed by atoms with Crippen molar-refractivity contribution in [3.63, 3.8) is 0 Å². The van der Waals surface area contributed by atoms with Crippen LogP contribution in [-0.4, -0.2) is 0 Å². The van der Waals surface area contributed by atoms with Gasteiger partial charge in [0, 0.05) is 0 Å². The summed E-state index contributed by atoms with van der Waals surface area (Å²) < 4.78 is 0. The predicted molar refractivity (Wildman–Crippen MR) is 57.2 cm³/mol. The first-order chi connectivity index (χ1) is 5.91. The summed E-state index contributed by atoms with van der Waals surface area (Å²) in [6.45, 7) is 4.13. The molecule has 0 fully saturated rings. The molecule has 0 rings (SSSR count). The Morgan fingerprint density at radius 3 is 1.25 bits per heavy atom. The van der Waals surface area contributed by atoms with Crippen LogP contribution < -0.4 is 0 Å². The SMILES string of the molecule is C/C=C/CCC=CCC/C=C/C. The monoisotopic (exact) mass is 164 g/mol. The minimum absolute atomic E-state index is 1.18. The van der Waals surface area contributed by atoms with E-state index in [1.807, 2.05) is 0 Å². The van der Waals surface area contributed by atoms with Crippen LogP contribution in [-0.2, 0) is 0 Å². The lowest BCUT2D eigenvalue weighted by Crippen LogP contribution is -1.66. The van der Waals surface area contributed by atoms with Crippen molar-refractivity contribution in [3.8, 4) is 0 Å². The van der Waals surface area contributed by atoms with Gasteiger partial charge < -0.3 is 0 Å². The van der Waals surface area contributed by atoms with Crippen molar-refractivity contribution >= 4 is 0 Å². The molecule has 0 nitrogen and oxygen atoms in total. The van der Waals surface area contributed by atoms with Crippen LogP contribution in [0.1, 0.15) is 39.5 Å². The maximum Gasteiger partial charge on any atom is -0.0316 e. The molecule has 0 aromatic heterocycles. The van der Waals surface area contributed by atoms with Gasteiger partial charge in [0.25, 0.3) is 0 Å². The van der Waals surface area contributed by atoms with E-state index in [0.29, 0.717) is 0 Å². The highest BCUT2D eigenvalue weighted by atomic mass is 13.8. The van der Waals surface area contributed by atoms with E-state index in [-0.39, 0.29) is 0 Å². The molecule has 0 aromatic carbocycles. The van der Waals surface area contributed by atoms with Gasteiger partial charge in [-0.2, -0.15) is 0 Å². The van der Waals surface area contributed by atoms with Crippen molar-refractivity contribution < 1.29 is 0 Å². The number of hydrogen-bond acceptors (Lipinski definition) is 0. The van der Waals surface area contributed by atoms with Crippen molar-refractivity contribution in [2.45, 2.75) is 39.5 Å². The smallest absolute Gasteiger partial charge is 0.0316 e. The van der Waals surface area contributed by atoms with Crippen LogP contribution in [0.2, 0.25) is 0 Å². The number of unbranched alkanes of at least 4 members (excludes halogenated alkanes) is 2. The molecular weight excluding hydrogens is 144 g/mol. The molecule has 0 atom stereocenters. The second-order valence-electron chi connectivity index (χ2n) is 2.76. The summed E-state index contributed by atoms with van der Waals surface area (Å²) in [7, 11) is 0. The standard InChI is InChI=1S/C12H20/c1-3-5-7-9-11-12-10-8-6-4-2/h3-6,11-12H,7-10H2,1-2H3/b5-3+,6-4+,12-11?. The van der Waals surface area contributed by atoms with Crippen molar-refractivity contribution in [2.75, 3.05) is 0 Å². The van der Waals surface area contributed by atoms with Crippen LogP contribution in [0, 0.1) is 0 Å². The van der Waals surface area contributed by atoms with Crippen LogP contribution in [0.25, 0.3) is 0 Å². The van der Waals surface area contributed by atoms with Gasteiger partial charge in [-0.1, -0.05) is 36.5 Å². The minimum atomic E-state index is 1.18. The summed E-state index contributed by atoms with van der Waals surface area (Å²) in [5.74, 6) is 0. The Kier molecular flexibility index (Phi) is 9.56. The third-order valence-corrected chi connectivity index (χ3v) is 1.64. The van der Waals surface area contributed by atoms with Gasteiger partial charge in [-0.3, -0.25) is 0 Å². The van der Waals surface area contributed by atoms with E-state index in [0.717, 1.165) is 0 Å². The molecule has 12 heavy (non-hydrogen) atoms. The van der Waals surface area contributed by atoms with E-state index >= 15 is 0 Å². The van der Waals surface area contributed by atoms with Gasteiger partial charge in [-0.15, -0.1) is 0 Å². The fraction of sp³-hybridized carbons (Fsp3) is 0.500. The van der Waals surface area contributed by atoms with E-state index in [1.165, 1.54) is 25.7 Å². The molecular formula is C12H20. The van der Waals surface area contributed by atoms with E-state index in [1.54, 1.807) is 0 Å². The second kappa shape index (κ2) is 10.2. The summed E-state index contributed by atoms with van der Waals surface area (Å²) >= 11 is 0. The third-order valence-electron chi connectivity index (χ3n) is 1.64. The zero-order valence-corrected chi connectivity index (χ0v) is 8.29. The molecule has 0 aliphatic rings. The molecule has 0 heterocycles. The number of rotatable bonds is 6. The Hall–Kier alpha value is -0.780. The molecule has 0 heteroatoms. The van der Waals surface area contributed by atoms with Gasteiger partial charge in [0.15, 0.2) is 0 Å². The maximum atomic E-state index is 2.27. The van der Waals surface area contributed by atoms with Crippen LogP contribution >= 0.6 is 0 Å². The summed E-state index contributed by atoms with van der Waals surface area (Å²) in [4.78, 5) is 0. The molecule has 0 aromatic rings. The first-order valence-electron chi connectivity index (χ1n) is 4.79. The second-order valence-corrected chi connectivity index (χ2v) is 2.76. The van der Waals surface area contributed by atoms with Gasteiger partial charge in [0.2, 0.25) is 0 Å². The van der Waals surface area contributed by atoms with Gasteiger partial charge >= 0.3 is 0 Å². The number of allylic oxidation sites excluding steroid dienone is 6. The lowest BCUT2D eigenvalue weighted by molar-refractivity contribution is 1.00. The highest BCUT2D eigenvalue weighted by Crippen LogP contribution is 1.97. The lowest BCUT2D eigenvalue weighted by atomic mass is 10.2. The number of hydrogen-bond donors (Lipinski definition) is 0. The Balaban J connectivity index is 3.14. The largest absolute Gasteiger partial charge is 0.0917 e. The zero-order chi connectivity index (χ0) is 9.07. The van der Waals surface area contributed by atoms with Crippen molar-refractivity contribution in [3.05, 3.63) is 36.5 Å². The molecule has 0 bridgehead atoms. The quantitative estimate of drug-likeness (QED) is 0.406. The van der Waals surface area contributed by atoms with E-state index in [2.05, 4.69) is 50.3 Å². The molecule has 0 radical (unpaired) electrons. The fourth-order valence-electron chi connectivity index (χ4n) is 0.954. The summed E-state index contributed by atoms with van der Waals surface area (Å²) in [5, 5.41) is 0. The molecule has 0 saturated carbocycles. The first kappa shape index (κ1) is 11.2. The Bertz CT molecular complexity index is 131. The third kappa shape index (κ3) is 9.22. The summed E-state index contributed by atoms with van der Waals surface area (Å²) in [6, 6.07) is 0. The predicted octanol–water partition coefficient (Wildman–Crippen LogP) is 4.26. The van der Waals surface area contributed by atoms with Gasteiger partial charge in [-0.05, 0) is 39.5 Å². The normalized spacial score (nSPS) is 12.5. The Morgan fingerprint density at radius 2 is 0.917 bits per heavy atom. The molecule has 0 unspecified atom stereocenters. The molecule has 0 aliphatic carbocycles. The highest BCUT2D eigenvalue weighted by molar-refractivity contribution is 4.88. The van der Waals surface area contributed by atoms with Crippen molar-refractivity contribution in [1.82, 2.24) is 0 Å². The lowest BCUT2D eigenvalue weighted by Gasteiger charge is -1.87. The Labute approximate surface area is 76.7 Å². The van der Waals surface area contributed by atoms with Crippen LogP contribution in [0.4, 0.5) is 0 Å². The maximum absolute atomic E-state index is 2.27. The average molecular weight is 164 g/mol. The average Bonchev–Trinajstić information content (AvgIpc) is 2.10. The van der Waals surface area contributed by atoms with Crippen LogP contribution in [0.15, 0.2) is 36.5 Å². The fourth-order valence-corrected chi connectivity index (χ4v) is 0.954. The van der Waals surface area contributed by atoms with Gasteiger partial charge in [0.1, 0.15) is 0 Å². The van der Waals surface area contributed by atoms with E-state index in [9.17, 15) is 0 Å². The van der Waals surface area contributed by atoms with Gasteiger partial charge in [0.05, 0.1) is 0 Å². The Morgan fingerprint density at radius 1 is 0.583 bits per heavy atom. The van der Waals surface area contributed by atoms with Crippen LogP contribution in [0.5, 0.6) is 0 Å². The molecule has 68 valence electrons. The molecule has 0 spiro atoms. The molecule has 0 N–H and O–H groups in total. The summed E-state index contributed by atoms with van der Waals surface area (Å²) in [6.07, 6.45) is 17.9. The molecule has 0 saturated heterocycles. The molecule has 0 aliphatic heterocycles. The van der Waals surface area contributed by atoms with Gasteiger partial charge in [-0.25, -0.2) is 0 Å². The highest BCUT2D eigenvalue weighted by Gasteiger charge is 1.76. The van der Waals surface area contributed by atoms with Crippen molar-refractivity contribution in [1.29, 1.82) is 0 Å². The first-order valence-corrected chi connectivity index (χ1v) is 4.79. The molecule has 0 amide bonds. The zero-order valence-electron chi connectivity index (χ0n) is 8.29. The van der Waals surface area contributed by atoms with E-state index < -0.39 is 0 Å².